The monoisotopic (exact) mass is 480 g/mol. The molecule has 2 heterocycles. The minimum atomic E-state index is -0.844. The normalized spacial score (nSPS) is 24.3. The van der Waals surface area contributed by atoms with Gasteiger partial charge in [0.05, 0.1) is 19.6 Å². The highest BCUT2D eigenvalue weighted by molar-refractivity contribution is 5.78. The highest BCUT2D eigenvalue weighted by Gasteiger charge is 2.43. The third-order valence-electron chi connectivity index (χ3n) is 7.52. The maximum atomic E-state index is 12.9. The molecule has 35 heavy (non-hydrogen) atoms. The second-order valence-corrected chi connectivity index (χ2v) is 9.71. The van der Waals surface area contributed by atoms with Crippen LogP contribution in [0.3, 0.4) is 0 Å². The number of carboxylic acids is 1. The molecule has 0 spiro atoms. The summed E-state index contributed by atoms with van der Waals surface area (Å²) in [7, 11) is 1.61. The van der Waals surface area contributed by atoms with E-state index in [4.69, 9.17) is 14.2 Å². The summed E-state index contributed by atoms with van der Waals surface area (Å²) in [5.74, 6) is -0.0924. The van der Waals surface area contributed by atoms with Crippen LogP contribution in [0.4, 0.5) is 0 Å². The van der Waals surface area contributed by atoms with Crippen molar-refractivity contribution in [3.05, 3.63) is 53.6 Å². The van der Waals surface area contributed by atoms with E-state index < -0.39 is 11.9 Å². The van der Waals surface area contributed by atoms with Crippen LogP contribution in [-0.2, 0) is 9.59 Å². The quantitative estimate of drug-likeness (QED) is 0.627. The average Bonchev–Trinajstić information content (AvgIpc) is 3.55. The Labute approximate surface area is 205 Å². The van der Waals surface area contributed by atoms with Crippen LogP contribution in [0.5, 0.6) is 17.2 Å². The Balaban J connectivity index is 1.45. The van der Waals surface area contributed by atoms with Crippen molar-refractivity contribution in [3.8, 4) is 17.2 Å². The van der Waals surface area contributed by atoms with E-state index in [0.717, 1.165) is 42.6 Å². The highest BCUT2D eigenvalue weighted by Crippen LogP contribution is 2.44. The van der Waals surface area contributed by atoms with Crippen LogP contribution in [0.15, 0.2) is 42.5 Å². The molecule has 0 bridgehead atoms. The SMILES string of the molecule is COc1ccc(C2CN(CC(=O)NC3CCCC3)CC(c3ccc4c(c3)OCO4)C2C(=O)O)cc1. The molecule has 2 aromatic rings. The van der Waals surface area contributed by atoms with Crippen LogP contribution >= 0.6 is 0 Å². The number of likely N-dealkylation sites (tertiary alicyclic amines) is 1. The fourth-order valence-corrected chi connectivity index (χ4v) is 5.78. The Morgan fingerprint density at radius 3 is 2.34 bits per heavy atom. The number of amides is 1. The van der Waals surface area contributed by atoms with Crippen molar-refractivity contribution in [2.45, 2.75) is 43.6 Å². The summed E-state index contributed by atoms with van der Waals surface area (Å²) in [5, 5.41) is 13.5. The molecule has 5 rings (SSSR count). The van der Waals surface area contributed by atoms with Crippen LogP contribution in [0, 0.1) is 5.92 Å². The van der Waals surface area contributed by atoms with Gasteiger partial charge in [0.1, 0.15) is 5.75 Å². The summed E-state index contributed by atoms with van der Waals surface area (Å²) >= 11 is 0. The molecule has 0 radical (unpaired) electrons. The lowest BCUT2D eigenvalue weighted by molar-refractivity contribution is -0.145. The largest absolute Gasteiger partial charge is 0.497 e. The first-order valence-corrected chi connectivity index (χ1v) is 12.3. The molecule has 2 aliphatic heterocycles. The number of carbonyl (C=O) groups excluding carboxylic acids is 1. The predicted octanol–water partition coefficient (Wildman–Crippen LogP) is 3.37. The van der Waals surface area contributed by atoms with Gasteiger partial charge in [-0.2, -0.15) is 0 Å². The number of carbonyl (C=O) groups is 2. The lowest BCUT2D eigenvalue weighted by atomic mass is 9.71. The van der Waals surface area contributed by atoms with E-state index >= 15 is 0 Å². The number of nitrogens with zero attached hydrogens (tertiary/aromatic N) is 1. The van der Waals surface area contributed by atoms with Gasteiger partial charge in [0.2, 0.25) is 12.7 Å². The first kappa shape index (κ1) is 23.5. The zero-order valence-electron chi connectivity index (χ0n) is 19.9. The van der Waals surface area contributed by atoms with Crippen molar-refractivity contribution in [1.29, 1.82) is 0 Å². The van der Waals surface area contributed by atoms with E-state index in [-0.39, 0.29) is 37.1 Å². The Bertz CT molecular complexity index is 1070. The Kier molecular flexibility index (Phi) is 6.81. The van der Waals surface area contributed by atoms with Gasteiger partial charge in [0.25, 0.3) is 0 Å². The first-order valence-electron chi connectivity index (χ1n) is 12.3. The van der Waals surface area contributed by atoms with Crippen molar-refractivity contribution in [2.24, 2.45) is 5.92 Å². The van der Waals surface area contributed by atoms with Crippen LogP contribution < -0.4 is 19.5 Å². The molecule has 3 aliphatic rings. The van der Waals surface area contributed by atoms with Gasteiger partial charge in [-0.25, -0.2) is 0 Å². The number of benzene rings is 2. The molecule has 2 fully saturated rings. The van der Waals surface area contributed by atoms with Crippen LogP contribution in [0.25, 0.3) is 0 Å². The second kappa shape index (κ2) is 10.2. The Hall–Kier alpha value is -3.26. The summed E-state index contributed by atoms with van der Waals surface area (Å²) in [6.45, 7) is 1.37. The van der Waals surface area contributed by atoms with Crippen molar-refractivity contribution in [2.75, 3.05) is 33.5 Å². The van der Waals surface area contributed by atoms with E-state index in [1.807, 2.05) is 42.5 Å². The fraction of sp³-hybridized carbons (Fsp3) is 0.481. The van der Waals surface area contributed by atoms with Crippen LogP contribution in [0.1, 0.15) is 48.6 Å². The van der Waals surface area contributed by atoms with Gasteiger partial charge in [0, 0.05) is 31.0 Å². The zero-order chi connectivity index (χ0) is 24.4. The molecular weight excluding hydrogens is 448 g/mol. The van der Waals surface area contributed by atoms with E-state index in [2.05, 4.69) is 10.2 Å². The zero-order valence-corrected chi connectivity index (χ0v) is 19.9. The lowest BCUT2D eigenvalue weighted by Crippen LogP contribution is -2.50. The third kappa shape index (κ3) is 5.07. The summed E-state index contributed by atoms with van der Waals surface area (Å²) in [5.41, 5.74) is 1.80. The smallest absolute Gasteiger partial charge is 0.307 e. The van der Waals surface area contributed by atoms with Crippen molar-refractivity contribution in [3.63, 3.8) is 0 Å². The van der Waals surface area contributed by atoms with Gasteiger partial charge in [-0.15, -0.1) is 0 Å². The summed E-state index contributed by atoms with van der Waals surface area (Å²) in [6, 6.07) is 13.5. The molecule has 1 aliphatic carbocycles. The summed E-state index contributed by atoms with van der Waals surface area (Å²) in [4.78, 5) is 27.6. The van der Waals surface area contributed by atoms with Crippen molar-refractivity contribution >= 4 is 11.9 Å². The highest BCUT2D eigenvalue weighted by atomic mass is 16.7. The van der Waals surface area contributed by atoms with E-state index in [9.17, 15) is 14.7 Å². The van der Waals surface area contributed by atoms with Crippen LogP contribution in [0.2, 0.25) is 0 Å². The lowest BCUT2D eigenvalue weighted by Gasteiger charge is -2.42. The molecule has 0 aromatic heterocycles. The molecular formula is C27H32N2O6. The number of rotatable bonds is 7. The molecule has 8 nitrogen and oxygen atoms in total. The van der Waals surface area contributed by atoms with Crippen molar-refractivity contribution in [1.82, 2.24) is 10.2 Å². The third-order valence-corrected chi connectivity index (χ3v) is 7.52. The molecule has 3 atom stereocenters. The minimum Gasteiger partial charge on any atom is -0.497 e. The number of methoxy groups -OCH3 is 1. The number of piperidine rings is 1. The Morgan fingerprint density at radius 2 is 1.66 bits per heavy atom. The molecule has 8 heteroatoms. The van der Waals surface area contributed by atoms with E-state index in [0.29, 0.717) is 24.6 Å². The van der Waals surface area contributed by atoms with Gasteiger partial charge in [-0.05, 0) is 48.2 Å². The maximum Gasteiger partial charge on any atom is 0.307 e. The molecule has 186 valence electrons. The average molecular weight is 481 g/mol. The first-order chi connectivity index (χ1) is 17.0. The van der Waals surface area contributed by atoms with Gasteiger partial charge in [-0.1, -0.05) is 31.0 Å². The fourth-order valence-electron chi connectivity index (χ4n) is 5.78. The molecule has 3 unspecified atom stereocenters. The number of aliphatic carboxylic acids is 1. The van der Waals surface area contributed by atoms with Crippen molar-refractivity contribution < 1.29 is 28.9 Å². The molecule has 1 saturated heterocycles. The number of ether oxygens (including phenoxy) is 3. The predicted molar refractivity (Wildman–Crippen MR) is 129 cm³/mol. The second-order valence-electron chi connectivity index (χ2n) is 9.71. The van der Waals surface area contributed by atoms with Crippen LogP contribution in [-0.4, -0.2) is 61.5 Å². The summed E-state index contributed by atoms with van der Waals surface area (Å²) < 4.78 is 16.3. The number of fused-ring (bicyclic) bond motifs is 1. The number of hydrogen-bond acceptors (Lipinski definition) is 6. The molecule has 2 aromatic carbocycles. The molecule has 1 saturated carbocycles. The van der Waals surface area contributed by atoms with Gasteiger partial charge in [-0.3, -0.25) is 14.5 Å². The van der Waals surface area contributed by atoms with Gasteiger partial charge >= 0.3 is 5.97 Å². The molecule has 1 amide bonds. The number of nitrogens with one attached hydrogen (secondary N) is 1. The van der Waals surface area contributed by atoms with E-state index in [1.165, 1.54) is 0 Å². The minimum absolute atomic E-state index is 0.00333. The summed E-state index contributed by atoms with van der Waals surface area (Å²) in [6.07, 6.45) is 4.36. The number of hydrogen-bond donors (Lipinski definition) is 2. The number of carboxylic acid groups (broad SMARTS) is 1. The topological polar surface area (TPSA) is 97.3 Å². The van der Waals surface area contributed by atoms with Gasteiger partial charge < -0.3 is 24.6 Å². The standard InChI is InChI=1S/C27H32N2O6/c1-33-20-9-6-17(7-10-20)21-13-29(15-25(30)28-19-4-2-3-5-19)14-22(26(21)27(31)32)18-8-11-23-24(12-18)35-16-34-23/h6-12,19,21-22,26H,2-5,13-16H2,1H3,(H,28,30)(H,31,32). The molecule has 2 N–H and O–H groups in total. The van der Waals surface area contributed by atoms with Gasteiger partial charge in [0.15, 0.2) is 11.5 Å². The maximum absolute atomic E-state index is 12.9. The Morgan fingerprint density at radius 1 is 1.00 bits per heavy atom. The van der Waals surface area contributed by atoms with E-state index in [1.54, 1.807) is 7.11 Å².